The number of aromatic nitrogens is 4. The second-order valence-electron chi connectivity index (χ2n) is 8.22. The Morgan fingerprint density at radius 2 is 2.06 bits per heavy atom. The van der Waals surface area contributed by atoms with E-state index < -0.39 is 10.0 Å². The van der Waals surface area contributed by atoms with Crippen molar-refractivity contribution in [3.05, 3.63) is 41.6 Å². The van der Waals surface area contributed by atoms with Crippen molar-refractivity contribution >= 4 is 32.7 Å². The molecule has 0 aliphatic carbocycles. The largest absolute Gasteiger partial charge is 0.352 e. The van der Waals surface area contributed by atoms with E-state index in [4.69, 9.17) is 6.57 Å². The molecule has 0 spiro atoms. The molecular weight excluding hydrogens is 426 g/mol. The lowest BCUT2D eigenvalue weighted by Gasteiger charge is -2.34. The molecule has 0 radical (unpaired) electrons. The van der Waals surface area contributed by atoms with Gasteiger partial charge in [0.05, 0.1) is 18.0 Å². The second kappa shape index (κ2) is 8.84. The van der Waals surface area contributed by atoms with Crippen molar-refractivity contribution in [3.8, 4) is 11.3 Å². The summed E-state index contributed by atoms with van der Waals surface area (Å²) in [5.41, 5.74) is 3.53. The van der Waals surface area contributed by atoms with E-state index in [1.165, 1.54) is 0 Å². The molecule has 2 N–H and O–H groups in total. The number of rotatable bonds is 6. The maximum Gasteiger partial charge on any atom is 0.231 e. The summed E-state index contributed by atoms with van der Waals surface area (Å²) < 4.78 is 25.8. The first-order chi connectivity index (χ1) is 15.3. The lowest BCUT2D eigenvalue weighted by atomic mass is 9.91. The number of nitrogens with one attached hydrogen (secondary N) is 2. The van der Waals surface area contributed by atoms with Crippen LogP contribution in [-0.4, -0.2) is 57.5 Å². The van der Waals surface area contributed by atoms with Gasteiger partial charge < -0.3 is 10.3 Å². The molecule has 1 atom stereocenters. The van der Waals surface area contributed by atoms with Crippen LogP contribution in [0, 0.1) is 19.4 Å². The van der Waals surface area contributed by atoms with Gasteiger partial charge in [-0.05, 0) is 51.2 Å². The molecule has 1 unspecified atom stereocenters. The zero-order valence-electron chi connectivity index (χ0n) is 18.5. The summed E-state index contributed by atoms with van der Waals surface area (Å²) in [5.74, 6) is 0.905. The predicted octanol–water partition coefficient (Wildman–Crippen LogP) is 3.74. The summed E-state index contributed by atoms with van der Waals surface area (Å²) in [5, 5.41) is 4.29. The van der Waals surface area contributed by atoms with Gasteiger partial charge >= 0.3 is 0 Å². The van der Waals surface area contributed by atoms with E-state index in [0.717, 1.165) is 35.0 Å². The molecule has 4 heterocycles. The number of sulfonamides is 1. The SMILES string of the molecule is [C-]#[N+]c1cnc(NC(C)C2CCN(S(=O)(=O)CC)CC2)nc1-c1c[nH]c2ncc(C)cc12. The highest BCUT2D eigenvalue weighted by atomic mass is 32.2. The number of piperidine rings is 1. The van der Waals surface area contributed by atoms with Crippen LogP contribution in [0.2, 0.25) is 0 Å². The highest BCUT2D eigenvalue weighted by Gasteiger charge is 2.29. The number of aromatic amines is 1. The van der Waals surface area contributed by atoms with Gasteiger partial charge in [0.25, 0.3) is 0 Å². The maximum absolute atomic E-state index is 12.1. The molecule has 9 nitrogen and oxygen atoms in total. The van der Waals surface area contributed by atoms with Gasteiger partial charge in [0, 0.05) is 48.7 Å². The minimum Gasteiger partial charge on any atom is -0.352 e. The third-order valence-electron chi connectivity index (χ3n) is 6.13. The summed E-state index contributed by atoms with van der Waals surface area (Å²) in [6.07, 6.45) is 6.74. The van der Waals surface area contributed by atoms with Gasteiger partial charge in [-0.1, -0.05) is 0 Å². The van der Waals surface area contributed by atoms with Gasteiger partial charge in [-0.15, -0.1) is 0 Å². The Bertz CT molecular complexity index is 1270. The average Bonchev–Trinajstić information content (AvgIpc) is 3.22. The predicted molar refractivity (Wildman–Crippen MR) is 125 cm³/mol. The molecular formula is C22H27N7O2S. The first-order valence-electron chi connectivity index (χ1n) is 10.8. The smallest absolute Gasteiger partial charge is 0.231 e. The van der Waals surface area contributed by atoms with Crippen LogP contribution in [0.15, 0.2) is 24.7 Å². The fourth-order valence-corrected chi connectivity index (χ4v) is 5.32. The Balaban J connectivity index is 1.54. The fourth-order valence-electron chi connectivity index (χ4n) is 4.19. The Kier molecular flexibility index (Phi) is 6.13. The van der Waals surface area contributed by atoms with Gasteiger partial charge in [-0.3, -0.25) is 0 Å². The van der Waals surface area contributed by atoms with Crippen molar-refractivity contribution in [2.24, 2.45) is 5.92 Å². The van der Waals surface area contributed by atoms with Crippen molar-refractivity contribution in [3.63, 3.8) is 0 Å². The molecule has 3 aromatic heterocycles. The van der Waals surface area contributed by atoms with Crippen LogP contribution in [0.3, 0.4) is 0 Å². The molecule has 1 fully saturated rings. The quantitative estimate of drug-likeness (QED) is 0.551. The monoisotopic (exact) mass is 453 g/mol. The molecule has 0 bridgehead atoms. The van der Waals surface area contributed by atoms with Crippen LogP contribution in [0.25, 0.3) is 27.1 Å². The van der Waals surface area contributed by atoms with Crippen LogP contribution in [0.5, 0.6) is 0 Å². The number of H-pyrrole nitrogens is 1. The molecule has 1 aliphatic heterocycles. The zero-order chi connectivity index (χ0) is 22.9. The van der Waals surface area contributed by atoms with Gasteiger partial charge in [0.1, 0.15) is 5.65 Å². The van der Waals surface area contributed by atoms with Crippen LogP contribution >= 0.6 is 0 Å². The Labute approximate surface area is 188 Å². The minimum atomic E-state index is -3.14. The fraction of sp³-hybridized carbons (Fsp3) is 0.455. The van der Waals surface area contributed by atoms with Gasteiger partial charge in [0.15, 0.2) is 0 Å². The molecule has 1 saturated heterocycles. The van der Waals surface area contributed by atoms with E-state index in [9.17, 15) is 8.42 Å². The number of aryl methyl sites for hydroxylation is 1. The third-order valence-corrected chi connectivity index (χ3v) is 8.02. The normalized spacial score (nSPS) is 16.7. The lowest BCUT2D eigenvalue weighted by molar-refractivity contribution is 0.257. The summed E-state index contributed by atoms with van der Waals surface area (Å²) in [7, 11) is -3.14. The van der Waals surface area contributed by atoms with E-state index in [2.05, 4.69) is 37.0 Å². The standard InChI is InChI=1S/C22H27N7O2S/c1-5-32(30,31)29-8-6-16(7-9-29)15(3)27-22-26-13-19(23-4)20(28-22)18-12-25-21-17(18)10-14(2)11-24-21/h10-13,15-16H,5-9H2,1-3H3,(H,24,25)(H,26,27,28). The van der Waals surface area contributed by atoms with E-state index in [1.807, 2.05) is 19.2 Å². The zero-order valence-corrected chi connectivity index (χ0v) is 19.3. The van der Waals surface area contributed by atoms with Gasteiger partial charge in [-0.2, -0.15) is 0 Å². The third kappa shape index (κ3) is 4.31. The lowest BCUT2D eigenvalue weighted by Crippen LogP contribution is -2.42. The van der Waals surface area contributed by atoms with Crippen LogP contribution in [0.4, 0.5) is 11.6 Å². The Hall–Kier alpha value is -3.03. The topological polar surface area (TPSA) is 108 Å². The van der Waals surface area contributed by atoms with Crippen molar-refractivity contribution in [2.75, 3.05) is 24.2 Å². The van der Waals surface area contributed by atoms with Crippen molar-refractivity contribution < 1.29 is 8.42 Å². The number of hydrogen-bond donors (Lipinski definition) is 2. The summed E-state index contributed by atoms with van der Waals surface area (Å²) >= 11 is 0. The van der Waals surface area contributed by atoms with Gasteiger partial charge in [-0.25, -0.2) is 32.5 Å². The van der Waals surface area contributed by atoms with E-state index in [0.29, 0.717) is 36.3 Å². The molecule has 10 heteroatoms. The first-order valence-corrected chi connectivity index (χ1v) is 12.4. The van der Waals surface area contributed by atoms with Gasteiger partial charge in [0.2, 0.25) is 21.7 Å². The van der Waals surface area contributed by atoms with Crippen molar-refractivity contribution in [1.29, 1.82) is 0 Å². The molecule has 0 saturated carbocycles. The average molecular weight is 454 g/mol. The molecule has 4 rings (SSSR count). The first kappa shape index (κ1) is 22.2. The molecule has 0 aromatic carbocycles. The second-order valence-corrected chi connectivity index (χ2v) is 10.5. The Morgan fingerprint density at radius 3 is 2.75 bits per heavy atom. The van der Waals surface area contributed by atoms with E-state index >= 15 is 0 Å². The summed E-state index contributed by atoms with van der Waals surface area (Å²) in [6.45, 7) is 14.3. The minimum absolute atomic E-state index is 0.0694. The number of anilines is 1. The summed E-state index contributed by atoms with van der Waals surface area (Å²) in [6, 6.07) is 2.10. The number of pyridine rings is 1. The number of fused-ring (bicyclic) bond motifs is 1. The van der Waals surface area contributed by atoms with Crippen molar-refractivity contribution in [1.82, 2.24) is 24.2 Å². The molecule has 0 amide bonds. The Morgan fingerprint density at radius 1 is 1.31 bits per heavy atom. The van der Waals surface area contributed by atoms with Crippen LogP contribution < -0.4 is 5.32 Å². The number of hydrogen-bond acceptors (Lipinski definition) is 6. The van der Waals surface area contributed by atoms with Crippen molar-refractivity contribution in [2.45, 2.75) is 39.7 Å². The summed E-state index contributed by atoms with van der Waals surface area (Å²) in [4.78, 5) is 20.2. The van der Waals surface area contributed by atoms with E-state index in [-0.39, 0.29) is 11.8 Å². The van der Waals surface area contributed by atoms with Crippen LogP contribution in [-0.2, 0) is 10.0 Å². The highest BCUT2D eigenvalue weighted by molar-refractivity contribution is 7.89. The van der Waals surface area contributed by atoms with Crippen LogP contribution in [0.1, 0.15) is 32.3 Å². The molecule has 32 heavy (non-hydrogen) atoms. The molecule has 3 aromatic rings. The number of nitrogens with zero attached hydrogens (tertiary/aromatic N) is 5. The van der Waals surface area contributed by atoms with E-state index in [1.54, 1.807) is 23.6 Å². The molecule has 1 aliphatic rings. The molecule has 168 valence electrons. The maximum atomic E-state index is 12.1. The highest BCUT2D eigenvalue weighted by Crippen LogP contribution is 2.34.